The van der Waals surface area contributed by atoms with Gasteiger partial charge in [0.05, 0.1) is 0 Å². The van der Waals surface area contributed by atoms with Gasteiger partial charge in [0, 0.05) is 6.04 Å². The van der Waals surface area contributed by atoms with E-state index < -0.39 is 0 Å². The number of rotatable bonds is 3. The molecule has 0 heterocycles. The molecule has 1 N–H and O–H groups in total. The molecule has 102 valence electrons. The lowest BCUT2D eigenvalue weighted by Gasteiger charge is -2.22. The Bertz CT molecular complexity index is 411. The Hall–Kier alpha value is -1.56. The molecular formula is C16H22N2O. The van der Waals surface area contributed by atoms with Crippen LogP contribution in [-0.4, -0.2) is 11.9 Å². The highest BCUT2D eigenvalue weighted by Gasteiger charge is 2.19. The Kier molecular flexibility index (Phi) is 5.20. The van der Waals surface area contributed by atoms with Crippen LogP contribution in [0.25, 0.3) is 0 Å². The van der Waals surface area contributed by atoms with Crippen LogP contribution >= 0.6 is 0 Å². The second kappa shape index (κ2) is 7.13. The molecule has 0 saturated heterocycles. The van der Waals surface area contributed by atoms with Gasteiger partial charge in [-0.1, -0.05) is 37.5 Å². The predicted octanol–water partition coefficient (Wildman–Crippen LogP) is 3.24. The third-order valence-electron chi connectivity index (χ3n) is 4.02. The van der Waals surface area contributed by atoms with Crippen molar-refractivity contribution in [1.29, 1.82) is 5.26 Å². The lowest BCUT2D eigenvalue weighted by Crippen LogP contribution is -2.37. The maximum absolute atomic E-state index is 12.1. The second-order valence-electron chi connectivity index (χ2n) is 5.55. The Balaban J connectivity index is 1.92. The van der Waals surface area contributed by atoms with Crippen molar-refractivity contribution in [2.75, 3.05) is 0 Å². The molecule has 1 atom stereocenters. The largest absolute Gasteiger partial charge is 0.349 e. The number of carbonyl (C=O) groups excluding carboxylic acids is 1. The summed E-state index contributed by atoms with van der Waals surface area (Å²) in [5, 5.41) is 12.2. The van der Waals surface area contributed by atoms with Gasteiger partial charge in [-0.15, -0.1) is 0 Å². The first-order valence-electron chi connectivity index (χ1n) is 7.37. The smallest absolute Gasteiger partial charge is 0.261 e. The highest BCUT2D eigenvalue weighted by atomic mass is 16.1. The maximum Gasteiger partial charge on any atom is 0.261 e. The summed E-state index contributed by atoms with van der Waals surface area (Å²) in [7, 11) is 0. The van der Waals surface area contributed by atoms with Crippen molar-refractivity contribution in [3.63, 3.8) is 0 Å². The fourth-order valence-corrected chi connectivity index (χ4v) is 2.88. The first-order valence-corrected chi connectivity index (χ1v) is 7.37. The van der Waals surface area contributed by atoms with Crippen LogP contribution in [0.15, 0.2) is 23.8 Å². The van der Waals surface area contributed by atoms with Crippen molar-refractivity contribution >= 4 is 5.91 Å². The van der Waals surface area contributed by atoms with E-state index in [4.69, 9.17) is 5.26 Å². The van der Waals surface area contributed by atoms with Crippen LogP contribution < -0.4 is 5.32 Å². The molecule has 3 nitrogen and oxygen atoms in total. The molecule has 1 saturated carbocycles. The SMILES string of the molecule is N#C/C(=C\[C@@H]1CC=CCC1)C(=O)NC1CCCCC1. The number of hydrogen-bond donors (Lipinski definition) is 1. The van der Waals surface area contributed by atoms with E-state index in [1.165, 1.54) is 19.3 Å². The lowest BCUT2D eigenvalue weighted by molar-refractivity contribution is -0.118. The van der Waals surface area contributed by atoms with Crippen LogP contribution in [0.3, 0.4) is 0 Å². The number of nitriles is 1. The topological polar surface area (TPSA) is 52.9 Å². The molecule has 0 unspecified atom stereocenters. The molecule has 0 bridgehead atoms. The van der Waals surface area contributed by atoms with Crippen LogP contribution in [0.4, 0.5) is 0 Å². The van der Waals surface area contributed by atoms with Crippen LogP contribution in [-0.2, 0) is 4.79 Å². The zero-order valence-corrected chi connectivity index (χ0v) is 11.4. The monoisotopic (exact) mass is 258 g/mol. The molecular weight excluding hydrogens is 236 g/mol. The van der Waals surface area contributed by atoms with Gasteiger partial charge in [0.2, 0.25) is 0 Å². The first-order chi connectivity index (χ1) is 9.29. The van der Waals surface area contributed by atoms with Crippen LogP contribution in [0.1, 0.15) is 51.4 Å². The second-order valence-corrected chi connectivity index (χ2v) is 5.55. The van der Waals surface area contributed by atoms with E-state index in [1.807, 2.05) is 6.08 Å². The molecule has 2 aliphatic carbocycles. The van der Waals surface area contributed by atoms with Gasteiger partial charge < -0.3 is 5.32 Å². The molecule has 0 spiro atoms. The van der Waals surface area contributed by atoms with Gasteiger partial charge >= 0.3 is 0 Å². The molecule has 3 heteroatoms. The highest BCUT2D eigenvalue weighted by molar-refractivity contribution is 5.97. The Morgan fingerprint density at radius 2 is 2.00 bits per heavy atom. The zero-order chi connectivity index (χ0) is 13.5. The minimum absolute atomic E-state index is 0.177. The molecule has 19 heavy (non-hydrogen) atoms. The summed E-state index contributed by atoms with van der Waals surface area (Å²) in [4.78, 5) is 12.1. The van der Waals surface area contributed by atoms with Crippen LogP contribution in [0.2, 0.25) is 0 Å². The predicted molar refractivity (Wildman–Crippen MR) is 75.2 cm³/mol. The quantitative estimate of drug-likeness (QED) is 0.480. The molecule has 0 aromatic heterocycles. The number of nitrogens with one attached hydrogen (secondary N) is 1. The zero-order valence-electron chi connectivity index (χ0n) is 11.4. The maximum atomic E-state index is 12.1. The molecule has 1 amide bonds. The number of hydrogen-bond acceptors (Lipinski definition) is 2. The van der Waals surface area contributed by atoms with E-state index in [0.29, 0.717) is 11.5 Å². The third-order valence-corrected chi connectivity index (χ3v) is 4.02. The normalized spacial score (nSPS) is 24.8. The molecule has 2 aliphatic rings. The lowest BCUT2D eigenvalue weighted by atomic mass is 9.92. The van der Waals surface area contributed by atoms with Gasteiger partial charge in [-0.2, -0.15) is 5.26 Å². The van der Waals surface area contributed by atoms with Gasteiger partial charge in [-0.25, -0.2) is 0 Å². The number of nitrogens with zero attached hydrogens (tertiary/aromatic N) is 1. The standard InChI is InChI=1S/C16H22N2O/c17-12-14(11-13-7-3-1-4-8-13)16(19)18-15-9-5-2-6-10-15/h1,3,11,13,15H,2,4-10H2,(H,18,19)/b14-11+/t13-/m1/s1. The van der Waals surface area contributed by atoms with Crippen LogP contribution in [0.5, 0.6) is 0 Å². The summed E-state index contributed by atoms with van der Waals surface area (Å²) in [6.07, 6.45) is 14.9. The molecule has 0 radical (unpaired) electrons. The average Bonchev–Trinajstić information content (AvgIpc) is 2.47. The van der Waals surface area contributed by atoms with E-state index >= 15 is 0 Å². The number of carbonyl (C=O) groups is 1. The first kappa shape index (κ1) is 13.9. The molecule has 0 aliphatic heterocycles. The average molecular weight is 258 g/mol. The molecule has 1 fully saturated rings. The summed E-state index contributed by atoms with van der Waals surface area (Å²) in [5.41, 5.74) is 0.297. The summed E-state index contributed by atoms with van der Waals surface area (Å²) in [5.74, 6) is 0.167. The highest BCUT2D eigenvalue weighted by Crippen LogP contribution is 2.21. The van der Waals surface area contributed by atoms with Gasteiger partial charge in [-0.05, 0) is 38.0 Å². The van der Waals surface area contributed by atoms with E-state index in [0.717, 1.165) is 32.1 Å². The van der Waals surface area contributed by atoms with Gasteiger partial charge in [0.1, 0.15) is 11.6 Å². The van der Waals surface area contributed by atoms with E-state index in [2.05, 4.69) is 23.5 Å². The van der Waals surface area contributed by atoms with Crippen molar-refractivity contribution < 1.29 is 4.79 Å². The van der Waals surface area contributed by atoms with Gasteiger partial charge in [0.25, 0.3) is 5.91 Å². The summed E-state index contributed by atoms with van der Waals surface area (Å²) >= 11 is 0. The Morgan fingerprint density at radius 3 is 2.63 bits per heavy atom. The fraction of sp³-hybridized carbons (Fsp3) is 0.625. The van der Waals surface area contributed by atoms with E-state index in [1.54, 1.807) is 0 Å². The Labute approximate surface area is 115 Å². The van der Waals surface area contributed by atoms with Gasteiger partial charge in [0.15, 0.2) is 0 Å². The summed E-state index contributed by atoms with van der Waals surface area (Å²) < 4.78 is 0. The minimum Gasteiger partial charge on any atom is -0.349 e. The molecule has 0 aromatic rings. The minimum atomic E-state index is -0.177. The fourth-order valence-electron chi connectivity index (χ4n) is 2.88. The van der Waals surface area contributed by atoms with Crippen LogP contribution in [0, 0.1) is 17.2 Å². The molecule has 0 aromatic carbocycles. The van der Waals surface area contributed by atoms with Crippen molar-refractivity contribution in [3.8, 4) is 6.07 Å². The van der Waals surface area contributed by atoms with E-state index in [9.17, 15) is 4.79 Å². The molecule has 2 rings (SSSR count). The van der Waals surface area contributed by atoms with Crippen molar-refractivity contribution in [2.24, 2.45) is 5.92 Å². The third kappa shape index (κ3) is 4.24. The summed E-state index contributed by atoms with van der Waals surface area (Å²) in [6.45, 7) is 0. The number of amides is 1. The van der Waals surface area contributed by atoms with Crippen molar-refractivity contribution in [1.82, 2.24) is 5.32 Å². The number of allylic oxidation sites excluding steroid dienone is 3. The summed E-state index contributed by atoms with van der Waals surface area (Å²) in [6, 6.07) is 2.33. The van der Waals surface area contributed by atoms with E-state index in [-0.39, 0.29) is 11.9 Å². The van der Waals surface area contributed by atoms with Crippen molar-refractivity contribution in [2.45, 2.75) is 57.4 Å². The van der Waals surface area contributed by atoms with Crippen molar-refractivity contribution in [3.05, 3.63) is 23.8 Å². The Morgan fingerprint density at radius 1 is 1.21 bits per heavy atom. The van der Waals surface area contributed by atoms with Gasteiger partial charge in [-0.3, -0.25) is 4.79 Å².